The number of aryl methyl sites for hydroxylation is 2. The molecule has 1 saturated carbocycles. The van der Waals surface area contributed by atoms with Gasteiger partial charge < -0.3 is 14.3 Å². The summed E-state index contributed by atoms with van der Waals surface area (Å²) in [6.45, 7) is 5.15. The summed E-state index contributed by atoms with van der Waals surface area (Å²) >= 11 is 1.77. The van der Waals surface area contributed by atoms with E-state index < -0.39 is 10.0 Å². The lowest BCUT2D eigenvalue weighted by molar-refractivity contribution is 0.0963. The third-order valence-electron chi connectivity index (χ3n) is 10.3. The largest absolute Gasteiger partial charge is 0.455 e. The number of anilines is 1. The highest BCUT2D eigenvalue weighted by atomic mass is 32.2. The summed E-state index contributed by atoms with van der Waals surface area (Å²) in [5.74, 6) is 0.918. The topological polar surface area (TPSA) is 97.4 Å². The van der Waals surface area contributed by atoms with E-state index in [0.717, 1.165) is 46.5 Å². The van der Waals surface area contributed by atoms with Crippen LogP contribution in [0.2, 0.25) is 0 Å². The monoisotopic (exact) mass is 656 g/mol. The molecule has 1 N–H and O–H groups in total. The molecule has 236 valence electrons. The van der Waals surface area contributed by atoms with E-state index in [4.69, 9.17) is 9.40 Å². The van der Waals surface area contributed by atoms with E-state index in [1.807, 2.05) is 30.3 Å². The van der Waals surface area contributed by atoms with Gasteiger partial charge in [0.25, 0.3) is 5.91 Å². The second-order valence-electron chi connectivity index (χ2n) is 12.5. The molecule has 5 aromatic rings. The minimum Gasteiger partial charge on any atom is -0.455 e. The maximum absolute atomic E-state index is 14.8. The Morgan fingerprint density at radius 3 is 2.74 bits per heavy atom. The van der Waals surface area contributed by atoms with Gasteiger partial charge in [0.15, 0.2) is 5.76 Å². The van der Waals surface area contributed by atoms with Gasteiger partial charge in [0.2, 0.25) is 10.0 Å². The molecule has 8 rings (SSSR count). The van der Waals surface area contributed by atoms with Crippen LogP contribution in [0.25, 0.3) is 49.4 Å². The zero-order valence-corrected chi connectivity index (χ0v) is 27.8. The Hall–Kier alpha value is -4.09. The maximum atomic E-state index is 14.8. The number of carbonyl (C=O) groups is 1. The number of sulfonamides is 1. The molecule has 8 nitrogen and oxygen atoms in total. The van der Waals surface area contributed by atoms with Gasteiger partial charge in [0.1, 0.15) is 11.4 Å². The first-order valence-corrected chi connectivity index (χ1v) is 18.1. The van der Waals surface area contributed by atoms with Crippen LogP contribution in [0.1, 0.15) is 41.9 Å². The fraction of sp³-hybridized carbons (Fsp3) is 0.314. The quantitative estimate of drug-likeness (QED) is 0.210. The number of carbonyl (C=O) groups excluding carboxylic acids is 1. The number of amides is 1. The van der Waals surface area contributed by atoms with Gasteiger partial charge in [-0.05, 0) is 60.6 Å². The van der Waals surface area contributed by atoms with Crippen molar-refractivity contribution >= 4 is 60.2 Å². The Morgan fingerprint density at radius 1 is 1.22 bits per heavy atom. The number of thioether (sulfide) groups is 1. The van der Waals surface area contributed by atoms with Crippen LogP contribution in [0, 0.1) is 17.7 Å². The van der Waals surface area contributed by atoms with Gasteiger partial charge in [0.05, 0.1) is 40.1 Å². The third-order valence-corrected chi connectivity index (χ3v) is 13.3. The van der Waals surface area contributed by atoms with E-state index >= 15 is 0 Å². The fourth-order valence-corrected chi connectivity index (χ4v) is 9.70. The molecule has 3 aromatic heterocycles. The number of aromatic nitrogens is 2. The molecule has 11 heteroatoms. The fourth-order valence-electron chi connectivity index (χ4n) is 7.51. The number of halogens is 1. The Morgan fingerprint density at radius 2 is 2.02 bits per heavy atom. The molecule has 1 amide bonds. The molecule has 46 heavy (non-hydrogen) atoms. The van der Waals surface area contributed by atoms with Gasteiger partial charge in [-0.1, -0.05) is 32.1 Å². The first-order valence-electron chi connectivity index (χ1n) is 15.4. The SMILES string of the molecule is CCC12SC(c3oc4cc(N(C)S(C)(=O)=O)c(-c5ccc6c(n5)-c5cc7c(F)cccc7n5CC6)cc4c3C(=O)NC)=CC1C2C. The number of hydrogen-bond donors (Lipinski definition) is 1. The van der Waals surface area contributed by atoms with Crippen LogP contribution < -0.4 is 9.62 Å². The van der Waals surface area contributed by atoms with Crippen molar-refractivity contribution < 1.29 is 22.0 Å². The number of allylic oxidation sites excluding steroid dienone is 1. The number of pyridine rings is 1. The van der Waals surface area contributed by atoms with Crippen LogP contribution in [0.4, 0.5) is 10.1 Å². The summed E-state index contributed by atoms with van der Waals surface area (Å²) in [6.07, 6.45) is 5.11. The van der Waals surface area contributed by atoms with Crippen molar-refractivity contribution in [3.63, 3.8) is 0 Å². The Kier molecular flexibility index (Phi) is 6.34. The summed E-state index contributed by atoms with van der Waals surface area (Å²) in [4.78, 5) is 19.5. The molecule has 1 aliphatic carbocycles. The van der Waals surface area contributed by atoms with Gasteiger partial charge in [-0.2, -0.15) is 0 Å². The first kappa shape index (κ1) is 29.3. The van der Waals surface area contributed by atoms with Crippen molar-refractivity contribution in [1.82, 2.24) is 14.9 Å². The summed E-state index contributed by atoms with van der Waals surface area (Å²) in [5, 5.41) is 3.89. The molecule has 2 aromatic carbocycles. The minimum absolute atomic E-state index is 0.125. The van der Waals surface area contributed by atoms with Crippen LogP contribution in [-0.2, 0) is 23.0 Å². The van der Waals surface area contributed by atoms with E-state index in [1.165, 1.54) is 17.4 Å². The lowest BCUT2D eigenvalue weighted by atomic mass is 9.99. The molecule has 0 radical (unpaired) electrons. The highest BCUT2D eigenvalue weighted by molar-refractivity contribution is 8.10. The second-order valence-corrected chi connectivity index (χ2v) is 16.0. The Bertz CT molecular complexity index is 2290. The summed E-state index contributed by atoms with van der Waals surface area (Å²) in [7, 11) is -0.590. The predicted molar refractivity (Wildman–Crippen MR) is 182 cm³/mol. The van der Waals surface area contributed by atoms with Crippen molar-refractivity contribution in [2.45, 2.75) is 38.0 Å². The summed E-state index contributed by atoms with van der Waals surface area (Å²) in [6, 6.07) is 14.3. The normalized spacial score (nSPS) is 21.6. The van der Waals surface area contributed by atoms with Crippen molar-refractivity contribution in [3.05, 3.63) is 77.3 Å². The average molecular weight is 657 g/mol. The van der Waals surface area contributed by atoms with Gasteiger partial charge in [0, 0.05) is 52.7 Å². The van der Waals surface area contributed by atoms with E-state index in [-0.39, 0.29) is 16.5 Å². The van der Waals surface area contributed by atoms with Crippen LogP contribution in [0.5, 0.6) is 0 Å². The number of hydrogen-bond acceptors (Lipinski definition) is 6. The highest BCUT2D eigenvalue weighted by Gasteiger charge is 2.64. The zero-order chi connectivity index (χ0) is 32.3. The molecular weight excluding hydrogens is 624 g/mol. The number of rotatable bonds is 6. The predicted octanol–water partition coefficient (Wildman–Crippen LogP) is 7.07. The van der Waals surface area contributed by atoms with Crippen molar-refractivity contribution in [1.29, 1.82) is 0 Å². The van der Waals surface area contributed by atoms with Gasteiger partial charge in [-0.25, -0.2) is 17.8 Å². The van der Waals surface area contributed by atoms with Crippen molar-refractivity contribution in [2.24, 2.45) is 11.8 Å². The summed E-state index contributed by atoms with van der Waals surface area (Å²) < 4.78 is 50.5. The number of furan rings is 1. The van der Waals surface area contributed by atoms with E-state index in [2.05, 4.69) is 29.8 Å². The zero-order valence-electron chi connectivity index (χ0n) is 26.1. The first-order chi connectivity index (χ1) is 22.0. The van der Waals surface area contributed by atoms with Gasteiger partial charge in [-0.15, -0.1) is 11.8 Å². The molecule has 0 saturated heterocycles. The van der Waals surface area contributed by atoms with Crippen LogP contribution in [0.3, 0.4) is 0 Å². The molecule has 3 unspecified atom stereocenters. The lowest BCUT2D eigenvalue weighted by Crippen LogP contribution is -2.25. The Labute approximate surface area is 270 Å². The smallest absolute Gasteiger partial charge is 0.255 e. The maximum Gasteiger partial charge on any atom is 0.255 e. The van der Waals surface area contributed by atoms with E-state index in [9.17, 15) is 17.6 Å². The second kappa shape index (κ2) is 9.95. The highest BCUT2D eigenvalue weighted by Crippen LogP contribution is 2.71. The molecule has 0 bridgehead atoms. The Balaban J connectivity index is 1.35. The lowest BCUT2D eigenvalue weighted by Gasteiger charge is -2.23. The third kappa shape index (κ3) is 4.07. The molecule has 0 spiro atoms. The molecule has 2 aliphatic heterocycles. The molecular formula is C35H33FN4O4S2. The number of fused-ring (bicyclic) bond motifs is 7. The molecule has 3 atom stereocenters. The minimum atomic E-state index is -3.68. The van der Waals surface area contributed by atoms with Gasteiger partial charge >= 0.3 is 0 Å². The van der Waals surface area contributed by atoms with Crippen molar-refractivity contribution in [3.8, 4) is 22.6 Å². The van der Waals surface area contributed by atoms with Crippen LogP contribution in [0.15, 0.2) is 59.0 Å². The number of benzene rings is 2. The average Bonchev–Trinajstić information content (AvgIpc) is 3.48. The standard InChI is InChI=1S/C35H33FN4O4S2/c1-6-35-18(2)23(35)16-30(45-35)33-31(34(41)37-3)22-14-21(27(17-29(22)44-33)39(4)46(5,42)43)25-11-10-19-12-13-40-26-9-7-8-24(36)20(26)15-28(40)32(19)38-25/h7-11,14-18,23H,6,12-13H2,1-5H3,(H,37,41). The summed E-state index contributed by atoms with van der Waals surface area (Å²) in [5.41, 5.74) is 5.64. The van der Waals surface area contributed by atoms with Gasteiger partial charge in [-0.3, -0.25) is 9.10 Å². The van der Waals surface area contributed by atoms with E-state index in [1.54, 1.807) is 30.9 Å². The number of nitrogens with zero attached hydrogens (tertiary/aromatic N) is 3. The van der Waals surface area contributed by atoms with Crippen LogP contribution >= 0.6 is 11.8 Å². The number of nitrogens with one attached hydrogen (secondary N) is 1. The molecule has 1 fully saturated rings. The van der Waals surface area contributed by atoms with Crippen molar-refractivity contribution in [2.75, 3.05) is 24.7 Å². The van der Waals surface area contributed by atoms with E-state index in [0.29, 0.717) is 63.0 Å². The molecule has 3 aliphatic rings. The van der Waals surface area contributed by atoms with Crippen LogP contribution in [-0.4, -0.2) is 49.0 Å². The molecule has 5 heterocycles.